The highest BCUT2D eigenvalue weighted by Gasteiger charge is 2.39. The molecule has 0 saturated heterocycles. The molecule has 0 spiro atoms. The van der Waals surface area contributed by atoms with E-state index in [0.29, 0.717) is 0 Å². The fraction of sp³-hybridized carbons (Fsp3) is 1.00. The standard InChI is InChI=1S/C7H12F2O/c1-6(10)2-4-7(8,9)5-3-6/h10H,2-5H2,1H3. The Morgan fingerprint density at radius 2 is 1.50 bits per heavy atom. The highest BCUT2D eigenvalue weighted by Crippen LogP contribution is 2.37. The van der Waals surface area contributed by atoms with E-state index in [0.717, 1.165) is 0 Å². The summed E-state index contributed by atoms with van der Waals surface area (Å²) in [4.78, 5) is 0. The zero-order valence-electron chi connectivity index (χ0n) is 6.03. The van der Waals surface area contributed by atoms with Gasteiger partial charge in [-0.25, -0.2) is 8.78 Å². The van der Waals surface area contributed by atoms with Gasteiger partial charge in [-0.1, -0.05) is 0 Å². The Labute approximate surface area is 59.0 Å². The largest absolute Gasteiger partial charge is 0.390 e. The number of hydrogen-bond donors (Lipinski definition) is 1. The van der Waals surface area contributed by atoms with Crippen molar-refractivity contribution in [3.63, 3.8) is 0 Å². The lowest BCUT2D eigenvalue weighted by Crippen LogP contribution is -2.35. The highest BCUT2D eigenvalue weighted by molar-refractivity contribution is 4.84. The summed E-state index contributed by atoms with van der Waals surface area (Å²) in [7, 11) is 0. The van der Waals surface area contributed by atoms with Crippen molar-refractivity contribution in [2.24, 2.45) is 0 Å². The zero-order valence-corrected chi connectivity index (χ0v) is 6.03. The van der Waals surface area contributed by atoms with Gasteiger partial charge in [0.25, 0.3) is 0 Å². The molecule has 1 rings (SSSR count). The predicted molar refractivity (Wildman–Crippen MR) is 34.0 cm³/mol. The number of aliphatic hydroxyl groups is 1. The topological polar surface area (TPSA) is 20.2 Å². The van der Waals surface area contributed by atoms with Crippen LogP contribution in [0, 0.1) is 0 Å². The van der Waals surface area contributed by atoms with E-state index < -0.39 is 11.5 Å². The number of halogens is 2. The van der Waals surface area contributed by atoms with Gasteiger partial charge in [0.1, 0.15) is 0 Å². The minimum Gasteiger partial charge on any atom is -0.390 e. The Kier molecular flexibility index (Phi) is 1.71. The molecule has 10 heavy (non-hydrogen) atoms. The second kappa shape index (κ2) is 2.16. The van der Waals surface area contributed by atoms with Crippen LogP contribution in [0.2, 0.25) is 0 Å². The second-order valence-corrected chi connectivity index (χ2v) is 3.35. The Hall–Kier alpha value is -0.180. The highest BCUT2D eigenvalue weighted by atomic mass is 19.3. The van der Waals surface area contributed by atoms with Gasteiger partial charge in [-0.15, -0.1) is 0 Å². The summed E-state index contributed by atoms with van der Waals surface area (Å²) in [6.07, 6.45) is 0.111. The quantitative estimate of drug-likeness (QED) is 0.559. The molecule has 0 aromatic carbocycles. The van der Waals surface area contributed by atoms with Crippen LogP contribution in [0.4, 0.5) is 8.78 Å². The SMILES string of the molecule is CC1(O)CCC(F)(F)CC1. The Morgan fingerprint density at radius 1 is 1.10 bits per heavy atom. The van der Waals surface area contributed by atoms with Crippen LogP contribution in [0.1, 0.15) is 32.6 Å². The molecule has 0 atom stereocenters. The summed E-state index contributed by atoms with van der Waals surface area (Å²) >= 11 is 0. The molecule has 0 bridgehead atoms. The first-order valence-corrected chi connectivity index (χ1v) is 3.52. The van der Waals surface area contributed by atoms with Crippen LogP contribution >= 0.6 is 0 Å². The first-order chi connectivity index (χ1) is 4.41. The van der Waals surface area contributed by atoms with Gasteiger partial charge in [0, 0.05) is 12.8 Å². The number of hydrogen-bond acceptors (Lipinski definition) is 1. The molecule has 3 heteroatoms. The first-order valence-electron chi connectivity index (χ1n) is 3.52. The summed E-state index contributed by atoms with van der Waals surface area (Å²) in [5.41, 5.74) is -0.846. The van der Waals surface area contributed by atoms with E-state index >= 15 is 0 Å². The third-order valence-electron chi connectivity index (χ3n) is 2.06. The lowest BCUT2D eigenvalue weighted by Gasteiger charge is -2.32. The minimum absolute atomic E-state index is 0.167. The summed E-state index contributed by atoms with van der Waals surface area (Å²) in [6.45, 7) is 1.61. The fourth-order valence-corrected chi connectivity index (χ4v) is 1.15. The lowest BCUT2D eigenvalue weighted by atomic mass is 9.84. The van der Waals surface area contributed by atoms with Crippen LogP contribution in [0.15, 0.2) is 0 Å². The maximum absolute atomic E-state index is 12.4. The number of alkyl halides is 2. The molecular weight excluding hydrogens is 138 g/mol. The van der Waals surface area contributed by atoms with Crippen LogP contribution in [0.3, 0.4) is 0 Å². The molecule has 0 aromatic heterocycles. The van der Waals surface area contributed by atoms with Gasteiger partial charge in [0.05, 0.1) is 5.60 Å². The fourth-order valence-electron chi connectivity index (χ4n) is 1.15. The van der Waals surface area contributed by atoms with Crippen LogP contribution in [-0.2, 0) is 0 Å². The summed E-state index contributed by atoms with van der Waals surface area (Å²) in [6, 6.07) is 0. The van der Waals surface area contributed by atoms with Crippen LogP contribution < -0.4 is 0 Å². The van der Waals surface area contributed by atoms with E-state index in [4.69, 9.17) is 0 Å². The normalized spacial score (nSPS) is 30.0. The lowest BCUT2D eigenvalue weighted by molar-refractivity contribution is -0.0959. The van der Waals surface area contributed by atoms with Gasteiger partial charge in [-0.3, -0.25) is 0 Å². The van der Waals surface area contributed by atoms with Gasteiger partial charge >= 0.3 is 0 Å². The summed E-state index contributed by atoms with van der Waals surface area (Å²) in [5.74, 6) is -2.53. The molecule has 0 amide bonds. The van der Waals surface area contributed by atoms with E-state index in [1.807, 2.05) is 0 Å². The summed E-state index contributed by atoms with van der Waals surface area (Å²) in [5, 5.41) is 9.27. The molecule has 60 valence electrons. The molecule has 0 aliphatic heterocycles. The molecule has 1 nitrogen and oxygen atoms in total. The van der Waals surface area contributed by atoms with Crippen molar-refractivity contribution in [1.82, 2.24) is 0 Å². The average Bonchev–Trinajstić information content (AvgIpc) is 1.79. The number of rotatable bonds is 0. The first kappa shape index (κ1) is 7.92. The molecule has 1 N–H and O–H groups in total. The van der Waals surface area contributed by atoms with Crippen molar-refractivity contribution in [1.29, 1.82) is 0 Å². The van der Waals surface area contributed by atoms with Gasteiger partial charge in [0.15, 0.2) is 0 Å². The van der Waals surface area contributed by atoms with Crippen molar-refractivity contribution in [3.8, 4) is 0 Å². The van der Waals surface area contributed by atoms with Crippen molar-refractivity contribution in [3.05, 3.63) is 0 Å². The van der Waals surface area contributed by atoms with Crippen molar-refractivity contribution < 1.29 is 13.9 Å². The van der Waals surface area contributed by atoms with E-state index in [2.05, 4.69) is 0 Å². The van der Waals surface area contributed by atoms with E-state index in [1.54, 1.807) is 6.92 Å². The second-order valence-electron chi connectivity index (χ2n) is 3.35. The molecule has 0 radical (unpaired) electrons. The molecular formula is C7H12F2O. The molecule has 1 aliphatic rings. The van der Waals surface area contributed by atoms with Crippen LogP contribution in [0.5, 0.6) is 0 Å². The maximum Gasteiger partial charge on any atom is 0.248 e. The monoisotopic (exact) mass is 150 g/mol. The van der Waals surface area contributed by atoms with Crippen LogP contribution in [0.25, 0.3) is 0 Å². The van der Waals surface area contributed by atoms with E-state index in [-0.39, 0.29) is 25.7 Å². The Morgan fingerprint density at radius 3 is 1.80 bits per heavy atom. The maximum atomic E-state index is 12.4. The third kappa shape index (κ3) is 1.90. The summed E-state index contributed by atoms with van der Waals surface area (Å²) < 4.78 is 24.9. The molecule has 0 unspecified atom stereocenters. The van der Waals surface area contributed by atoms with Crippen molar-refractivity contribution in [2.75, 3.05) is 0 Å². The third-order valence-corrected chi connectivity index (χ3v) is 2.06. The smallest absolute Gasteiger partial charge is 0.248 e. The van der Waals surface area contributed by atoms with Gasteiger partial charge in [-0.05, 0) is 19.8 Å². The average molecular weight is 150 g/mol. The Balaban J connectivity index is 2.46. The van der Waals surface area contributed by atoms with E-state index in [1.165, 1.54) is 0 Å². The van der Waals surface area contributed by atoms with Crippen molar-refractivity contribution >= 4 is 0 Å². The predicted octanol–water partition coefficient (Wildman–Crippen LogP) is 1.95. The molecule has 0 heterocycles. The molecule has 1 aliphatic carbocycles. The van der Waals surface area contributed by atoms with Crippen LogP contribution in [-0.4, -0.2) is 16.6 Å². The van der Waals surface area contributed by atoms with Gasteiger partial charge in [0.2, 0.25) is 5.92 Å². The van der Waals surface area contributed by atoms with Gasteiger partial charge in [-0.2, -0.15) is 0 Å². The van der Waals surface area contributed by atoms with E-state index in [9.17, 15) is 13.9 Å². The molecule has 0 aromatic rings. The molecule has 1 saturated carbocycles. The van der Waals surface area contributed by atoms with Gasteiger partial charge < -0.3 is 5.11 Å². The molecule has 1 fully saturated rings. The minimum atomic E-state index is -2.53. The van der Waals surface area contributed by atoms with Crippen molar-refractivity contribution in [2.45, 2.75) is 44.1 Å². The zero-order chi connectivity index (χ0) is 7.83. The Bertz CT molecular complexity index is 104.